The van der Waals surface area contributed by atoms with Gasteiger partial charge < -0.3 is 9.80 Å². The number of nitrogens with zero attached hydrogens (tertiary/aromatic N) is 6. The van der Waals surface area contributed by atoms with Gasteiger partial charge in [-0.2, -0.15) is 5.10 Å². The smallest absolute Gasteiger partial charge is 0.267 e. The third-order valence-electron chi connectivity index (χ3n) is 6.00. The van der Waals surface area contributed by atoms with Crippen LogP contribution >= 0.6 is 0 Å². The van der Waals surface area contributed by atoms with Crippen molar-refractivity contribution in [3.05, 3.63) is 89.2 Å². The van der Waals surface area contributed by atoms with Gasteiger partial charge in [0.25, 0.3) is 5.56 Å². The van der Waals surface area contributed by atoms with Crippen LogP contribution in [-0.4, -0.2) is 45.7 Å². The molecule has 2 aromatic carbocycles. The quantitative estimate of drug-likeness (QED) is 0.469. The Morgan fingerprint density at radius 1 is 0.727 bits per heavy atom. The zero-order chi connectivity index (χ0) is 22.8. The van der Waals surface area contributed by atoms with Crippen molar-refractivity contribution in [1.82, 2.24) is 19.6 Å². The van der Waals surface area contributed by atoms with Gasteiger partial charge in [0.05, 0.1) is 17.4 Å². The van der Waals surface area contributed by atoms with E-state index < -0.39 is 0 Å². The van der Waals surface area contributed by atoms with Gasteiger partial charge in [0, 0.05) is 44.0 Å². The third-order valence-corrected chi connectivity index (χ3v) is 6.00. The summed E-state index contributed by atoms with van der Waals surface area (Å²) in [5.41, 5.74) is 3.72. The Kier molecular flexibility index (Phi) is 5.69. The van der Waals surface area contributed by atoms with Crippen LogP contribution in [0, 0.1) is 0 Å². The molecule has 1 aliphatic heterocycles. The van der Waals surface area contributed by atoms with E-state index in [4.69, 9.17) is 5.10 Å². The van der Waals surface area contributed by atoms with Crippen LogP contribution in [0.1, 0.15) is 19.9 Å². The van der Waals surface area contributed by atoms with Crippen LogP contribution < -0.4 is 15.4 Å². The zero-order valence-electron chi connectivity index (χ0n) is 19.0. The lowest BCUT2D eigenvalue weighted by Gasteiger charge is -2.36. The molecule has 0 bridgehead atoms. The Hall–Kier alpha value is -3.87. The molecule has 1 aliphatic rings. The first-order chi connectivity index (χ1) is 16.1. The third kappa shape index (κ3) is 4.26. The molecule has 7 heteroatoms. The van der Waals surface area contributed by atoms with E-state index in [-0.39, 0.29) is 11.6 Å². The molecule has 0 amide bonds. The highest BCUT2D eigenvalue weighted by Gasteiger charge is 2.22. The highest BCUT2D eigenvalue weighted by molar-refractivity contribution is 5.63. The van der Waals surface area contributed by atoms with Gasteiger partial charge >= 0.3 is 0 Å². The molecule has 168 valence electrons. The van der Waals surface area contributed by atoms with E-state index in [1.807, 2.05) is 54.9 Å². The van der Waals surface area contributed by atoms with Gasteiger partial charge in [0.2, 0.25) is 0 Å². The second kappa shape index (κ2) is 8.94. The summed E-state index contributed by atoms with van der Waals surface area (Å²) in [5, 5.41) is 9.63. The summed E-state index contributed by atoms with van der Waals surface area (Å²) in [6.45, 7) is 7.58. The number of aromatic nitrogens is 4. The van der Waals surface area contributed by atoms with Crippen LogP contribution in [0.15, 0.2) is 83.7 Å². The standard InChI is InChI=1S/C26H28N6O/c1-20(2)31-26(33)14-13-23(27-31)24-19-25(28-32(24)22-11-7-4-8-12-22)30-17-15-29(16-18-30)21-9-5-3-6-10-21/h3-14,19-20H,15-18H2,1-2H3. The van der Waals surface area contributed by atoms with Gasteiger partial charge in [0.15, 0.2) is 5.82 Å². The average Bonchev–Trinajstić information content (AvgIpc) is 3.31. The molecule has 0 N–H and O–H groups in total. The Bertz CT molecular complexity index is 1270. The Morgan fingerprint density at radius 3 is 1.97 bits per heavy atom. The Morgan fingerprint density at radius 2 is 1.33 bits per heavy atom. The molecule has 1 fully saturated rings. The topological polar surface area (TPSA) is 59.2 Å². The van der Waals surface area contributed by atoms with E-state index in [9.17, 15) is 4.79 Å². The maximum absolute atomic E-state index is 12.3. The minimum Gasteiger partial charge on any atom is -0.368 e. The van der Waals surface area contributed by atoms with Gasteiger partial charge in [-0.05, 0) is 44.2 Å². The summed E-state index contributed by atoms with van der Waals surface area (Å²) in [6, 6.07) is 26.0. The number of anilines is 2. The minimum absolute atomic E-state index is 0.0175. The average molecular weight is 441 g/mol. The first kappa shape index (κ1) is 21.0. The molecule has 3 heterocycles. The lowest BCUT2D eigenvalue weighted by atomic mass is 10.2. The van der Waals surface area contributed by atoms with Gasteiger partial charge in [-0.25, -0.2) is 9.36 Å². The Labute approximate surface area is 193 Å². The number of para-hydroxylation sites is 2. The fourth-order valence-electron chi connectivity index (χ4n) is 4.24. The molecule has 0 spiro atoms. The molecule has 0 saturated carbocycles. The van der Waals surface area contributed by atoms with Crippen molar-refractivity contribution in [1.29, 1.82) is 0 Å². The lowest BCUT2D eigenvalue weighted by Crippen LogP contribution is -2.46. The number of rotatable bonds is 5. The van der Waals surface area contributed by atoms with E-state index in [1.54, 1.807) is 12.1 Å². The van der Waals surface area contributed by atoms with Crippen LogP contribution in [0.5, 0.6) is 0 Å². The molecule has 4 aromatic rings. The van der Waals surface area contributed by atoms with Crippen LogP contribution in [0.2, 0.25) is 0 Å². The zero-order valence-corrected chi connectivity index (χ0v) is 19.0. The first-order valence-electron chi connectivity index (χ1n) is 11.4. The lowest BCUT2D eigenvalue weighted by molar-refractivity contribution is 0.504. The molecule has 0 atom stereocenters. The van der Waals surface area contributed by atoms with Crippen molar-refractivity contribution < 1.29 is 0 Å². The SMILES string of the molecule is CC(C)n1nc(-c2cc(N3CCN(c4ccccc4)CC3)nn2-c2ccccc2)ccc1=O. The largest absolute Gasteiger partial charge is 0.368 e. The highest BCUT2D eigenvalue weighted by Crippen LogP contribution is 2.27. The van der Waals surface area contributed by atoms with Crippen LogP contribution in [0.4, 0.5) is 11.5 Å². The van der Waals surface area contributed by atoms with E-state index >= 15 is 0 Å². The molecular formula is C26H28N6O. The maximum Gasteiger partial charge on any atom is 0.267 e. The number of benzene rings is 2. The first-order valence-corrected chi connectivity index (χ1v) is 11.4. The van der Waals surface area contributed by atoms with E-state index in [0.29, 0.717) is 0 Å². The molecule has 1 saturated heterocycles. The fraction of sp³-hybridized carbons (Fsp3) is 0.269. The summed E-state index contributed by atoms with van der Waals surface area (Å²) < 4.78 is 3.45. The van der Waals surface area contributed by atoms with Crippen LogP contribution in [0.3, 0.4) is 0 Å². The van der Waals surface area contributed by atoms with Crippen molar-refractivity contribution in [2.45, 2.75) is 19.9 Å². The van der Waals surface area contributed by atoms with Crippen LogP contribution in [-0.2, 0) is 0 Å². The molecule has 33 heavy (non-hydrogen) atoms. The summed E-state index contributed by atoms with van der Waals surface area (Å²) in [5.74, 6) is 0.922. The second-order valence-electron chi connectivity index (χ2n) is 8.54. The monoisotopic (exact) mass is 440 g/mol. The summed E-state index contributed by atoms with van der Waals surface area (Å²) in [4.78, 5) is 17.0. The van der Waals surface area contributed by atoms with Gasteiger partial charge in [0.1, 0.15) is 5.69 Å². The second-order valence-corrected chi connectivity index (χ2v) is 8.54. The van der Waals surface area contributed by atoms with Crippen molar-refractivity contribution >= 4 is 11.5 Å². The highest BCUT2D eigenvalue weighted by atomic mass is 16.1. The molecule has 5 rings (SSSR count). The molecule has 0 unspecified atom stereocenters. The van der Waals surface area contributed by atoms with Gasteiger partial charge in [-0.3, -0.25) is 4.79 Å². The van der Waals surface area contributed by atoms with E-state index in [2.05, 4.69) is 45.2 Å². The maximum atomic E-state index is 12.3. The van der Waals surface area contributed by atoms with Gasteiger partial charge in [-0.1, -0.05) is 36.4 Å². The van der Waals surface area contributed by atoms with Crippen molar-refractivity contribution in [3.8, 4) is 17.1 Å². The summed E-state index contributed by atoms with van der Waals surface area (Å²) in [6.07, 6.45) is 0. The predicted octanol–water partition coefficient (Wildman–Crippen LogP) is 4.00. The number of piperazine rings is 1. The summed E-state index contributed by atoms with van der Waals surface area (Å²) in [7, 11) is 0. The van der Waals surface area contributed by atoms with Gasteiger partial charge in [-0.15, -0.1) is 5.10 Å². The van der Waals surface area contributed by atoms with E-state index in [1.165, 1.54) is 10.4 Å². The molecular weight excluding hydrogens is 412 g/mol. The van der Waals surface area contributed by atoms with Crippen LogP contribution in [0.25, 0.3) is 17.1 Å². The number of hydrogen-bond donors (Lipinski definition) is 0. The fourth-order valence-corrected chi connectivity index (χ4v) is 4.24. The van der Waals surface area contributed by atoms with Crippen molar-refractivity contribution in [2.24, 2.45) is 0 Å². The van der Waals surface area contributed by atoms with Crippen molar-refractivity contribution in [3.63, 3.8) is 0 Å². The molecule has 0 aliphatic carbocycles. The van der Waals surface area contributed by atoms with Crippen molar-refractivity contribution in [2.75, 3.05) is 36.0 Å². The predicted molar refractivity (Wildman–Crippen MR) is 132 cm³/mol. The molecule has 2 aromatic heterocycles. The normalized spacial score (nSPS) is 14.2. The molecule has 7 nitrogen and oxygen atoms in total. The minimum atomic E-state index is -0.100. The molecule has 0 radical (unpaired) electrons. The Balaban J connectivity index is 1.49. The summed E-state index contributed by atoms with van der Waals surface area (Å²) >= 11 is 0. The number of hydrogen-bond acceptors (Lipinski definition) is 5. The van der Waals surface area contributed by atoms with E-state index in [0.717, 1.165) is 49.1 Å².